The lowest BCUT2D eigenvalue weighted by Gasteiger charge is -2.18. The molecule has 1 aromatic carbocycles. The van der Waals surface area contributed by atoms with Gasteiger partial charge in [0.25, 0.3) is 0 Å². The predicted molar refractivity (Wildman–Crippen MR) is 64.0 cm³/mol. The van der Waals surface area contributed by atoms with Gasteiger partial charge < -0.3 is 5.32 Å². The van der Waals surface area contributed by atoms with Crippen molar-refractivity contribution in [1.29, 1.82) is 0 Å². The van der Waals surface area contributed by atoms with E-state index in [1.54, 1.807) is 0 Å². The Balaban J connectivity index is 2.35. The van der Waals surface area contributed by atoms with Crippen molar-refractivity contribution in [2.75, 3.05) is 11.9 Å². The van der Waals surface area contributed by atoms with Gasteiger partial charge in [0, 0.05) is 17.3 Å². The maximum Gasteiger partial charge on any atom is 0.0407 e. The Hall–Kier alpha value is -0.690. The first kappa shape index (κ1) is 11.4. The third-order valence-electron chi connectivity index (χ3n) is 2.05. The number of halogens is 1. The molecular weight excluding hydrogens is 194 g/mol. The number of rotatable bonds is 3. The maximum atomic E-state index is 5.79. The van der Waals surface area contributed by atoms with Crippen molar-refractivity contribution >= 4 is 17.3 Å². The average Bonchev–Trinajstić information content (AvgIpc) is 2.06. The summed E-state index contributed by atoms with van der Waals surface area (Å²) in [7, 11) is 0. The molecule has 0 heterocycles. The zero-order valence-electron chi connectivity index (χ0n) is 9.10. The molecule has 0 radical (unpaired) electrons. The highest BCUT2D eigenvalue weighted by Gasteiger charge is 2.08. The summed E-state index contributed by atoms with van der Waals surface area (Å²) in [6.45, 7) is 7.74. The van der Waals surface area contributed by atoms with Gasteiger partial charge in [-0.1, -0.05) is 32.4 Å². The van der Waals surface area contributed by atoms with E-state index in [4.69, 9.17) is 11.6 Å². The summed E-state index contributed by atoms with van der Waals surface area (Å²) in [5.74, 6) is 0. The van der Waals surface area contributed by atoms with Crippen molar-refractivity contribution in [3.05, 3.63) is 29.3 Å². The molecule has 1 N–H and O–H groups in total. The summed E-state index contributed by atoms with van der Waals surface area (Å²) in [6, 6.07) is 7.82. The molecule has 2 heteroatoms. The minimum absolute atomic E-state index is 0.388. The van der Waals surface area contributed by atoms with E-state index in [1.165, 1.54) is 0 Å². The fourth-order valence-corrected chi connectivity index (χ4v) is 1.28. The lowest BCUT2D eigenvalue weighted by Crippen LogP contribution is -2.12. The first-order valence-electron chi connectivity index (χ1n) is 4.97. The van der Waals surface area contributed by atoms with Crippen LogP contribution in [-0.2, 0) is 0 Å². The third kappa shape index (κ3) is 4.52. The topological polar surface area (TPSA) is 12.0 Å². The Labute approximate surface area is 91.5 Å². The molecule has 0 fully saturated rings. The van der Waals surface area contributed by atoms with E-state index >= 15 is 0 Å². The van der Waals surface area contributed by atoms with Gasteiger partial charge in [0.15, 0.2) is 0 Å². The summed E-state index contributed by atoms with van der Waals surface area (Å²) in [6.07, 6.45) is 1.16. The van der Waals surface area contributed by atoms with Crippen LogP contribution >= 0.6 is 11.6 Å². The molecule has 0 aliphatic heterocycles. The highest BCUT2D eigenvalue weighted by atomic mass is 35.5. The van der Waals surface area contributed by atoms with Crippen LogP contribution in [-0.4, -0.2) is 6.54 Å². The molecule has 0 amide bonds. The highest BCUT2D eigenvalue weighted by Crippen LogP contribution is 2.19. The number of anilines is 1. The predicted octanol–water partition coefficient (Wildman–Crippen LogP) is 4.19. The van der Waals surface area contributed by atoms with Crippen LogP contribution in [0, 0.1) is 5.41 Å². The monoisotopic (exact) mass is 211 g/mol. The number of benzene rings is 1. The summed E-state index contributed by atoms with van der Waals surface area (Å²) in [4.78, 5) is 0. The lowest BCUT2D eigenvalue weighted by atomic mass is 9.92. The zero-order chi connectivity index (χ0) is 10.6. The number of hydrogen-bond donors (Lipinski definition) is 1. The summed E-state index contributed by atoms with van der Waals surface area (Å²) in [5, 5.41) is 4.15. The molecule has 0 atom stereocenters. The molecular formula is C12H18ClN. The molecule has 1 nitrogen and oxygen atoms in total. The molecule has 0 bridgehead atoms. The second-order valence-electron chi connectivity index (χ2n) is 4.74. The average molecular weight is 212 g/mol. The van der Waals surface area contributed by atoms with Gasteiger partial charge >= 0.3 is 0 Å². The highest BCUT2D eigenvalue weighted by molar-refractivity contribution is 6.30. The quantitative estimate of drug-likeness (QED) is 0.791. The Kier molecular flexibility index (Phi) is 3.82. The number of hydrogen-bond acceptors (Lipinski definition) is 1. The molecule has 0 spiro atoms. The molecule has 78 valence electrons. The molecule has 1 aromatic rings. The van der Waals surface area contributed by atoms with Crippen LogP contribution in [0.3, 0.4) is 0 Å². The van der Waals surface area contributed by atoms with Gasteiger partial charge in [0.05, 0.1) is 0 Å². The second kappa shape index (κ2) is 4.70. The first-order valence-corrected chi connectivity index (χ1v) is 5.35. The second-order valence-corrected chi connectivity index (χ2v) is 5.18. The fraction of sp³-hybridized carbons (Fsp3) is 0.500. The van der Waals surface area contributed by atoms with E-state index in [9.17, 15) is 0 Å². The summed E-state index contributed by atoms with van der Waals surface area (Å²) >= 11 is 5.79. The van der Waals surface area contributed by atoms with Crippen molar-refractivity contribution in [2.45, 2.75) is 27.2 Å². The van der Waals surface area contributed by atoms with Crippen LogP contribution in [0.25, 0.3) is 0 Å². The van der Waals surface area contributed by atoms with Crippen LogP contribution in [0.5, 0.6) is 0 Å². The van der Waals surface area contributed by atoms with Crippen LogP contribution in [0.15, 0.2) is 24.3 Å². The van der Waals surface area contributed by atoms with Crippen molar-refractivity contribution in [1.82, 2.24) is 0 Å². The smallest absolute Gasteiger partial charge is 0.0407 e. The Morgan fingerprint density at radius 3 is 2.21 bits per heavy atom. The minimum atomic E-state index is 0.388. The van der Waals surface area contributed by atoms with Gasteiger partial charge in [0.1, 0.15) is 0 Å². The van der Waals surface area contributed by atoms with Crippen LogP contribution in [0.2, 0.25) is 5.02 Å². The van der Waals surface area contributed by atoms with E-state index in [-0.39, 0.29) is 0 Å². The molecule has 14 heavy (non-hydrogen) atoms. The minimum Gasteiger partial charge on any atom is -0.385 e. The summed E-state index contributed by atoms with van der Waals surface area (Å²) in [5.41, 5.74) is 1.53. The Morgan fingerprint density at radius 2 is 1.71 bits per heavy atom. The molecule has 0 saturated carbocycles. The van der Waals surface area contributed by atoms with E-state index in [2.05, 4.69) is 26.1 Å². The van der Waals surface area contributed by atoms with Crippen LogP contribution in [0.1, 0.15) is 27.2 Å². The van der Waals surface area contributed by atoms with Gasteiger partial charge in [-0.25, -0.2) is 0 Å². The van der Waals surface area contributed by atoms with Crippen LogP contribution < -0.4 is 5.32 Å². The van der Waals surface area contributed by atoms with E-state index in [0.29, 0.717) is 5.41 Å². The molecule has 0 aliphatic carbocycles. The lowest BCUT2D eigenvalue weighted by molar-refractivity contribution is 0.390. The van der Waals surface area contributed by atoms with E-state index < -0.39 is 0 Å². The van der Waals surface area contributed by atoms with Crippen molar-refractivity contribution < 1.29 is 0 Å². The molecule has 0 aliphatic rings. The van der Waals surface area contributed by atoms with E-state index in [1.807, 2.05) is 24.3 Å². The number of nitrogens with one attached hydrogen (secondary N) is 1. The maximum absolute atomic E-state index is 5.79. The largest absolute Gasteiger partial charge is 0.385 e. The Bertz CT molecular complexity index is 271. The van der Waals surface area contributed by atoms with Gasteiger partial charge in [0.2, 0.25) is 0 Å². The van der Waals surface area contributed by atoms with Gasteiger partial charge in [-0.05, 0) is 36.1 Å². The first-order chi connectivity index (χ1) is 6.47. The normalized spacial score (nSPS) is 11.4. The molecule has 1 rings (SSSR count). The van der Waals surface area contributed by atoms with Gasteiger partial charge in [-0.15, -0.1) is 0 Å². The molecule has 0 unspecified atom stereocenters. The van der Waals surface area contributed by atoms with E-state index in [0.717, 1.165) is 23.7 Å². The SMILES string of the molecule is CC(C)(C)CCNc1ccc(Cl)cc1. The zero-order valence-corrected chi connectivity index (χ0v) is 9.86. The van der Waals surface area contributed by atoms with Crippen molar-refractivity contribution in [3.63, 3.8) is 0 Å². The van der Waals surface area contributed by atoms with Gasteiger partial charge in [-0.3, -0.25) is 0 Å². The van der Waals surface area contributed by atoms with Gasteiger partial charge in [-0.2, -0.15) is 0 Å². The van der Waals surface area contributed by atoms with Crippen molar-refractivity contribution in [2.24, 2.45) is 5.41 Å². The molecule has 0 aromatic heterocycles. The standard InChI is InChI=1S/C12H18ClN/c1-12(2,3)8-9-14-11-6-4-10(13)5-7-11/h4-7,14H,8-9H2,1-3H3. The summed E-state index contributed by atoms with van der Waals surface area (Å²) < 4.78 is 0. The Morgan fingerprint density at radius 1 is 1.14 bits per heavy atom. The van der Waals surface area contributed by atoms with Crippen molar-refractivity contribution in [3.8, 4) is 0 Å². The fourth-order valence-electron chi connectivity index (χ4n) is 1.15. The molecule has 0 saturated heterocycles. The third-order valence-corrected chi connectivity index (χ3v) is 2.30. The van der Waals surface area contributed by atoms with Crippen LogP contribution in [0.4, 0.5) is 5.69 Å².